The summed E-state index contributed by atoms with van der Waals surface area (Å²) >= 11 is 0. The first-order valence-electron chi connectivity index (χ1n) is 12.4. The van der Waals surface area contributed by atoms with Crippen molar-refractivity contribution in [2.75, 3.05) is 6.54 Å². The lowest BCUT2D eigenvalue weighted by atomic mass is 9.73. The number of carbonyl (C=O) groups is 1. The predicted molar refractivity (Wildman–Crippen MR) is 132 cm³/mol. The SMILES string of the molecule is CC(=O)N[C@@H](Cc1cccnc1)[C@H](O)CN[C@H]1CC2(CCC2)Oc2ncc(CC(C)(C)C)cc21. The molecule has 2 aliphatic rings. The zero-order chi connectivity index (χ0) is 24.3. The third-order valence-electron chi connectivity index (χ3n) is 6.80. The van der Waals surface area contributed by atoms with E-state index in [0.717, 1.165) is 36.8 Å². The van der Waals surface area contributed by atoms with Crippen LogP contribution in [0.15, 0.2) is 36.8 Å². The van der Waals surface area contributed by atoms with Crippen LogP contribution in [0.25, 0.3) is 0 Å². The molecular weight excluding hydrogens is 428 g/mol. The molecule has 0 bridgehead atoms. The smallest absolute Gasteiger partial charge is 0.218 e. The molecule has 1 saturated carbocycles. The maximum Gasteiger partial charge on any atom is 0.218 e. The van der Waals surface area contributed by atoms with Gasteiger partial charge < -0.3 is 20.5 Å². The van der Waals surface area contributed by atoms with E-state index >= 15 is 0 Å². The molecule has 184 valence electrons. The fourth-order valence-electron chi connectivity index (χ4n) is 5.07. The van der Waals surface area contributed by atoms with Gasteiger partial charge in [0.05, 0.1) is 12.1 Å². The van der Waals surface area contributed by atoms with Gasteiger partial charge >= 0.3 is 0 Å². The average molecular weight is 467 g/mol. The van der Waals surface area contributed by atoms with E-state index in [0.29, 0.717) is 18.8 Å². The van der Waals surface area contributed by atoms with E-state index in [9.17, 15) is 9.90 Å². The van der Waals surface area contributed by atoms with Gasteiger partial charge in [-0.3, -0.25) is 9.78 Å². The summed E-state index contributed by atoms with van der Waals surface area (Å²) < 4.78 is 6.38. The van der Waals surface area contributed by atoms with E-state index in [-0.39, 0.29) is 23.0 Å². The summed E-state index contributed by atoms with van der Waals surface area (Å²) in [6.07, 6.45) is 10.2. The summed E-state index contributed by atoms with van der Waals surface area (Å²) in [4.78, 5) is 20.7. The molecule has 7 nitrogen and oxygen atoms in total. The zero-order valence-electron chi connectivity index (χ0n) is 20.8. The number of fused-ring (bicyclic) bond motifs is 1. The van der Waals surface area contributed by atoms with Gasteiger partial charge in [0.1, 0.15) is 5.60 Å². The lowest BCUT2D eigenvalue weighted by Crippen LogP contribution is -2.52. The number of ether oxygens (including phenoxy) is 1. The Balaban J connectivity index is 1.50. The molecule has 2 aromatic heterocycles. The first-order valence-corrected chi connectivity index (χ1v) is 12.4. The van der Waals surface area contributed by atoms with Crippen molar-refractivity contribution in [1.29, 1.82) is 0 Å². The number of amides is 1. The fourth-order valence-corrected chi connectivity index (χ4v) is 5.07. The van der Waals surface area contributed by atoms with Crippen LogP contribution >= 0.6 is 0 Å². The van der Waals surface area contributed by atoms with Gasteiger partial charge in [-0.2, -0.15) is 0 Å². The molecule has 1 fully saturated rings. The van der Waals surface area contributed by atoms with Gasteiger partial charge in [0, 0.05) is 50.1 Å². The van der Waals surface area contributed by atoms with Crippen LogP contribution < -0.4 is 15.4 Å². The molecule has 3 N–H and O–H groups in total. The van der Waals surface area contributed by atoms with Crippen molar-refractivity contribution in [2.24, 2.45) is 5.41 Å². The molecule has 0 radical (unpaired) electrons. The van der Waals surface area contributed by atoms with Crippen molar-refractivity contribution in [3.8, 4) is 5.88 Å². The lowest BCUT2D eigenvalue weighted by molar-refractivity contribution is -0.120. The number of pyridine rings is 2. The van der Waals surface area contributed by atoms with Crippen molar-refractivity contribution < 1.29 is 14.6 Å². The van der Waals surface area contributed by atoms with E-state index in [2.05, 4.69) is 42.5 Å². The van der Waals surface area contributed by atoms with Crippen LogP contribution in [0, 0.1) is 5.41 Å². The third-order valence-corrected chi connectivity index (χ3v) is 6.80. The summed E-state index contributed by atoms with van der Waals surface area (Å²) in [7, 11) is 0. The highest BCUT2D eigenvalue weighted by atomic mass is 16.5. The second-order valence-corrected chi connectivity index (χ2v) is 11.2. The number of nitrogens with zero attached hydrogens (tertiary/aromatic N) is 2. The average Bonchev–Trinajstić information content (AvgIpc) is 2.75. The number of hydrogen-bond acceptors (Lipinski definition) is 6. The third kappa shape index (κ3) is 6.13. The van der Waals surface area contributed by atoms with E-state index in [1.807, 2.05) is 18.3 Å². The number of nitrogens with one attached hydrogen (secondary N) is 2. The van der Waals surface area contributed by atoms with Crippen molar-refractivity contribution in [2.45, 2.75) is 90.0 Å². The Kier molecular flexibility index (Phi) is 7.24. The zero-order valence-corrected chi connectivity index (χ0v) is 20.8. The number of aliphatic hydroxyl groups is 1. The monoisotopic (exact) mass is 466 g/mol. The maximum absolute atomic E-state index is 11.8. The molecule has 1 spiro atoms. The molecule has 0 aromatic carbocycles. The minimum absolute atomic E-state index is 0.0440. The molecule has 34 heavy (non-hydrogen) atoms. The molecule has 3 atom stereocenters. The summed E-state index contributed by atoms with van der Waals surface area (Å²) in [6, 6.07) is 5.67. The Morgan fingerprint density at radius 3 is 2.71 bits per heavy atom. The summed E-state index contributed by atoms with van der Waals surface area (Å²) in [5, 5.41) is 17.6. The number of rotatable bonds is 8. The Hall–Kier alpha value is -2.51. The molecule has 1 amide bonds. The second kappa shape index (κ2) is 10.0. The van der Waals surface area contributed by atoms with E-state index in [1.54, 1.807) is 12.4 Å². The van der Waals surface area contributed by atoms with Crippen molar-refractivity contribution in [1.82, 2.24) is 20.6 Å². The molecule has 0 unspecified atom stereocenters. The number of hydrogen-bond donors (Lipinski definition) is 3. The minimum Gasteiger partial charge on any atom is -0.471 e. The highest BCUT2D eigenvalue weighted by Gasteiger charge is 2.46. The molecule has 0 saturated heterocycles. The van der Waals surface area contributed by atoms with Crippen LogP contribution in [-0.2, 0) is 17.6 Å². The van der Waals surface area contributed by atoms with Crippen LogP contribution in [0.4, 0.5) is 0 Å². The standard InChI is InChI=1S/C27H38N4O3/c1-18(32)31-22(12-19-7-5-10-28-15-19)24(33)17-29-23-14-27(8-6-9-27)34-25-21(23)11-20(16-30-25)13-26(2,3)4/h5,7,10-11,15-16,22-24,29,33H,6,8-9,12-14,17H2,1-4H3,(H,31,32)/t22-,23-,24+/m0/s1. The van der Waals surface area contributed by atoms with Crippen LogP contribution in [0.1, 0.15) is 76.1 Å². The van der Waals surface area contributed by atoms with Crippen molar-refractivity contribution in [3.05, 3.63) is 53.5 Å². The number of carbonyl (C=O) groups excluding carboxylic acids is 1. The summed E-state index contributed by atoms with van der Waals surface area (Å²) in [5.74, 6) is 0.554. The van der Waals surface area contributed by atoms with Gasteiger partial charge in [-0.15, -0.1) is 0 Å². The highest BCUT2D eigenvalue weighted by molar-refractivity contribution is 5.73. The number of aromatic nitrogens is 2. The molecular formula is C27H38N4O3. The van der Waals surface area contributed by atoms with E-state index in [4.69, 9.17) is 9.72 Å². The lowest BCUT2D eigenvalue weighted by Gasteiger charge is -2.47. The van der Waals surface area contributed by atoms with Gasteiger partial charge in [-0.05, 0) is 60.8 Å². The Morgan fingerprint density at radius 1 is 1.29 bits per heavy atom. The van der Waals surface area contributed by atoms with Gasteiger partial charge in [-0.25, -0.2) is 4.98 Å². The Morgan fingerprint density at radius 2 is 2.09 bits per heavy atom. The van der Waals surface area contributed by atoms with Gasteiger partial charge in [-0.1, -0.05) is 26.8 Å². The molecule has 2 aromatic rings. The Bertz CT molecular complexity index is 985. The maximum atomic E-state index is 11.8. The van der Waals surface area contributed by atoms with Crippen LogP contribution in [0.3, 0.4) is 0 Å². The van der Waals surface area contributed by atoms with Gasteiger partial charge in [0.25, 0.3) is 0 Å². The van der Waals surface area contributed by atoms with Crippen LogP contribution in [-0.4, -0.2) is 45.3 Å². The van der Waals surface area contributed by atoms with E-state index in [1.165, 1.54) is 18.9 Å². The van der Waals surface area contributed by atoms with Gasteiger partial charge in [0.2, 0.25) is 11.8 Å². The molecule has 1 aliphatic heterocycles. The highest BCUT2D eigenvalue weighted by Crippen LogP contribution is 2.48. The van der Waals surface area contributed by atoms with Crippen LogP contribution in [0.2, 0.25) is 0 Å². The van der Waals surface area contributed by atoms with Crippen molar-refractivity contribution >= 4 is 5.91 Å². The largest absolute Gasteiger partial charge is 0.471 e. The predicted octanol–water partition coefficient (Wildman–Crippen LogP) is 3.51. The van der Waals surface area contributed by atoms with E-state index < -0.39 is 12.1 Å². The molecule has 7 heteroatoms. The molecule has 3 heterocycles. The molecule has 1 aliphatic carbocycles. The van der Waals surface area contributed by atoms with Gasteiger partial charge in [0.15, 0.2) is 0 Å². The van der Waals surface area contributed by atoms with Crippen molar-refractivity contribution in [3.63, 3.8) is 0 Å². The fraction of sp³-hybridized carbons (Fsp3) is 0.593. The second-order valence-electron chi connectivity index (χ2n) is 11.2. The minimum atomic E-state index is -0.751. The quantitative estimate of drug-likeness (QED) is 0.551. The first kappa shape index (κ1) is 24.6. The number of aliphatic hydroxyl groups excluding tert-OH is 1. The Labute approximate surface area is 202 Å². The normalized spacial score (nSPS) is 20.6. The molecule has 4 rings (SSSR count). The first-order chi connectivity index (χ1) is 16.1. The topological polar surface area (TPSA) is 96.4 Å². The summed E-state index contributed by atoms with van der Waals surface area (Å²) in [6.45, 7) is 8.51. The van der Waals surface area contributed by atoms with Crippen LogP contribution in [0.5, 0.6) is 5.88 Å². The summed E-state index contributed by atoms with van der Waals surface area (Å²) in [5.41, 5.74) is 3.24.